The molecule has 15 heavy (non-hydrogen) atoms. The number of hydrogen-bond acceptors (Lipinski definition) is 3. The molecule has 0 amide bonds. The lowest BCUT2D eigenvalue weighted by Crippen LogP contribution is -2.14. The van der Waals surface area contributed by atoms with Gasteiger partial charge in [-0.3, -0.25) is 0 Å². The maximum atomic E-state index is 4.43. The van der Waals surface area contributed by atoms with E-state index in [0.29, 0.717) is 0 Å². The number of pyridine rings is 1. The summed E-state index contributed by atoms with van der Waals surface area (Å²) >= 11 is 1.65. The van der Waals surface area contributed by atoms with Crippen LogP contribution in [0.25, 0.3) is 0 Å². The standard InChI is InChI=1S/C11H17N3S/c1-5-14(3)8-12-10-6-7-11(15-4)13-9(10)2/h6-8H,5H2,1-4H3. The summed E-state index contributed by atoms with van der Waals surface area (Å²) in [4.78, 5) is 10.8. The Kier molecular flexibility index (Phi) is 4.62. The predicted molar refractivity (Wildman–Crippen MR) is 67.2 cm³/mol. The van der Waals surface area contributed by atoms with Gasteiger partial charge in [-0.2, -0.15) is 0 Å². The topological polar surface area (TPSA) is 28.5 Å². The van der Waals surface area contributed by atoms with Crippen molar-refractivity contribution >= 4 is 23.8 Å². The third-order valence-corrected chi connectivity index (χ3v) is 2.78. The lowest BCUT2D eigenvalue weighted by Gasteiger charge is -2.08. The molecule has 1 aromatic heterocycles. The van der Waals surface area contributed by atoms with Gasteiger partial charge in [-0.1, -0.05) is 0 Å². The molecule has 0 N–H and O–H groups in total. The van der Waals surface area contributed by atoms with Gasteiger partial charge in [-0.15, -0.1) is 11.8 Å². The third kappa shape index (κ3) is 3.55. The molecule has 0 fully saturated rings. The monoisotopic (exact) mass is 223 g/mol. The molecule has 0 aliphatic rings. The first kappa shape index (κ1) is 12.0. The first-order valence-electron chi connectivity index (χ1n) is 4.93. The normalized spacial score (nSPS) is 10.9. The fourth-order valence-corrected chi connectivity index (χ4v) is 1.46. The van der Waals surface area contributed by atoms with Gasteiger partial charge in [0, 0.05) is 13.6 Å². The molecule has 0 spiro atoms. The fraction of sp³-hybridized carbons (Fsp3) is 0.455. The Labute approximate surface area is 95.6 Å². The zero-order chi connectivity index (χ0) is 11.3. The van der Waals surface area contributed by atoms with E-state index in [1.54, 1.807) is 11.8 Å². The van der Waals surface area contributed by atoms with Gasteiger partial charge in [-0.25, -0.2) is 9.98 Å². The van der Waals surface area contributed by atoms with Crippen molar-refractivity contribution < 1.29 is 0 Å². The molecule has 1 rings (SSSR count). The minimum atomic E-state index is 0.938. The second-order valence-electron chi connectivity index (χ2n) is 3.28. The minimum Gasteiger partial charge on any atom is -0.366 e. The van der Waals surface area contributed by atoms with Crippen LogP contribution in [0.4, 0.5) is 5.69 Å². The van der Waals surface area contributed by atoms with Crippen molar-refractivity contribution in [2.24, 2.45) is 4.99 Å². The van der Waals surface area contributed by atoms with Crippen LogP contribution in [-0.2, 0) is 0 Å². The van der Waals surface area contributed by atoms with E-state index in [2.05, 4.69) is 16.9 Å². The van der Waals surface area contributed by atoms with E-state index in [0.717, 1.165) is 23.0 Å². The summed E-state index contributed by atoms with van der Waals surface area (Å²) in [5.41, 5.74) is 1.91. The number of hydrogen-bond donors (Lipinski definition) is 0. The highest BCUT2D eigenvalue weighted by atomic mass is 32.2. The highest BCUT2D eigenvalue weighted by Gasteiger charge is 1.99. The SMILES string of the molecule is CCN(C)C=Nc1ccc(SC)nc1C. The zero-order valence-corrected chi connectivity index (χ0v) is 10.5. The molecule has 0 bridgehead atoms. The van der Waals surface area contributed by atoms with Gasteiger partial charge in [0.25, 0.3) is 0 Å². The first-order valence-corrected chi connectivity index (χ1v) is 6.16. The Morgan fingerprint density at radius 2 is 2.27 bits per heavy atom. The lowest BCUT2D eigenvalue weighted by atomic mass is 10.3. The summed E-state index contributed by atoms with van der Waals surface area (Å²) in [5, 5.41) is 1.04. The van der Waals surface area contributed by atoms with E-state index < -0.39 is 0 Å². The van der Waals surface area contributed by atoms with Crippen LogP contribution in [0.3, 0.4) is 0 Å². The quantitative estimate of drug-likeness (QED) is 0.446. The van der Waals surface area contributed by atoms with Crippen molar-refractivity contribution in [1.29, 1.82) is 0 Å². The molecule has 0 unspecified atom stereocenters. The molecule has 0 saturated carbocycles. The average molecular weight is 223 g/mol. The average Bonchev–Trinajstić information content (AvgIpc) is 2.26. The molecule has 1 aromatic rings. The molecule has 82 valence electrons. The van der Waals surface area contributed by atoms with Crippen LogP contribution >= 0.6 is 11.8 Å². The van der Waals surface area contributed by atoms with Crippen LogP contribution in [0, 0.1) is 6.92 Å². The molecule has 1 heterocycles. The lowest BCUT2D eigenvalue weighted by molar-refractivity contribution is 0.552. The number of rotatable bonds is 4. The number of aryl methyl sites for hydroxylation is 1. The van der Waals surface area contributed by atoms with Crippen LogP contribution in [0.15, 0.2) is 22.2 Å². The number of aromatic nitrogens is 1. The van der Waals surface area contributed by atoms with E-state index in [4.69, 9.17) is 0 Å². The third-order valence-electron chi connectivity index (χ3n) is 2.13. The molecule has 0 aliphatic carbocycles. The second kappa shape index (κ2) is 5.75. The summed E-state index contributed by atoms with van der Waals surface area (Å²) < 4.78 is 0. The van der Waals surface area contributed by atoms with Gasteiger partial charge in [0.2, 0.25) is 0 Å². The van der Waals surface area contributed by atoms with Crippen molar-refractivity contribution in [3.05, 3.63) is 17.8 Å². The highest BCUT2D eigenvalue weighted by molar-refractivity contribution is 7.98. The van der Waals surface area contributed by atoms with E-state index in [1.165, 1.54) is 0 Å². The zero-order valence-electron chi connectivity index (χ0n) is 9.69. The number of thioether (sulfide) groups is 1. The van der Waals surface area contributed by atoms with Crippen molar-refractivity contribution in [3.8, 4) is 0 Å². The molecular formula is C11H17N3S. The van der Waals surface area contributed by atoms with Crippen molar-refractivity contribution in [1.82, 2.24) is 9.88 Å². The van der Waals surface area contributed by atoms with Gasteiger partial charge in [0.05, 0.1) is 22.7 Å². The van der Waals surface area contributed by atoms with Crippen LogP contribution in [0.5, 0.6) is 0 Å². The van der Waals surface area contributed by atoms with Crippen LogP contribution in [-0.4, -0.2) is 36.1 Å². The Bertz CT molecular complexity index is 350. The van der Waals surface area contributed by atoms with Crippen LogP contribution < -0.4 is 0 Å². The minimum absolute atomic E-state index is 0.938. The summed E-state index contributed by atoms with van der Waals surface area (Å²) in [7, 11) is 2.00. The molecule has 0 aliphatic heterocycles. The Morgan fingerprint density at radius 3 is 2.80 bits per heavy atom. The summed E-state index contributed by atoms with van der Waals surface area (Å²) in [6.45, 7) is 5.03. The molecule has 0 atom stereocenters. The largest absolute Gasteiger partial charge is 0.366 e. The van der Waals surface area contributed by atoms with E-state index >= 15 is 0 Å². The molecule has 0 aromatic carbocycles. The summed E-state index contributed by atoms with van der Waals surface area (Å²) in [6, 6.07) is 4.00. The van der Waals surface area contributed by atoms with Gasteiger partial charge >= 0.3 is 0 Å². The Hall–Kier alpha value is -1.03. The van der Waals surface area contributed by atoms with Crippen molar-refractivity contribution in [2.75, 3.05) is 19.8 Å². The molecule has 0 saturated heterocycles. The van der Waals surface area contributed by atoms with Gasteiger partial charge in [0.1, 0.15) is 0 Å². The van der Waals surface area contributed by atoms with Crippen molar-refractivity contribution in [3.63, 3.8) is 0 Å². The van der Waals surface area contributed by atoms with Crippen LogP contribution in [0.1, 0.15) is 12.6 Å². The Morgan fingerprint density at radius 1 is 1.53 bits per heavy atom. The van der Waals surface area contributed by atoms with E-state index in [1.807, 2.05) is 43.6 Å². The predicted octanol–water partition coefficient (Wildman–Crippen LogP) is 2.72. The second-order valence-corrected chi connectivity index (χ2v) is 4.10. The highest BCUT2D eigenvalue weighted by Crippen LogP contribution is 2.20. The van der Waals surface area contributed by atoms with Gasteiger partial charge < -0.3 is 4.90 Å². The molecule has 3 nitrogen and oxygen atoms in total. The van der Waals surface area contributed by atoms with E-state index in [9.17, 15) is 0 Å². The van der Waals surface area contributed by atoms with Gasteiger partial charge in [0.15, 0.2) is 0 Å². The number of aliphatic imine (C=N–C) groups is 1. The molecular weight excluding hydrogens is 206 g/mol. The smallest absolute Gasteiger partial charge is 0.0962 e. The summed E-state index contributed by atoms with van der Waals surface area (Å²) in [5.74, 6) is 0. The molecule has 4 heteroatoms. The maximum absolute atomic E-state index is 4.43. The molecule has 0 radical (unpaired) electrons. The maximum Gasteiger partial charge on any atom is 0.0962 e. The van der Waals surface area contributed by atoms with Crippen molar-refractivity contribution in [2.45, 2.75) is 18.9 Å². The summed E-state index contributed by atoms with van der Waals surface area (Å²) in [6.07, 6.45) is 3.86. The Balaban J connectivity index is 2.82. The van der Waals surface area contributed by atoms with E-state index in [-0.39, 0.29) is 0 Å². The first-order chi connectivity index (χ1) is 7.17. The number of nitrogens with zero attached hydrogens (tertiary/aromatic N) is 3. The fourth-order valence-electron chi connectivity index (χ4n) is 1.02. The van der Waals surface area contributed by atoms with Crippen LogP contribution in [0.2, 0.25) is 0 Å². The van der Waals surface area contributed by atoms with Gasteiger partial charge in [-0.05, 0) is 32.2 Å².